The van der Waals surface area contributed by atoms with Crippen LogP contribution in [0.1, 0.15) is 52.8 Å². The summed E-state index contributed by atoms with van der Waals surface area (Å²) < 4.78 is 10.3. The molecule has 42 heavy (non-hydrogen) atoms. The molecule has 0 saturated heterocycles. The molecule has 1 saturated carbocycles. The normalized spacial score (nSPS) is 21.1. The number of nitrogens with zero attached hydrogens (tertiary/aromatic N) is 3. The van der Waals surface area contributed by atoms with Crippen molar-refractivity contribution in [3.63, 3.8) is 0 Å². The SMILES string of the molecule is COC(=O)C1=C(C(=O)OC)C2(C=CC(=NC(=O)c3ccccc3)C=C2)N(C(=O)c2ccccc2)C1=NC1CCCCC1. The van der Waals surface area contributed by atoms with Crippen molar-refractivity contribution in [1.82, 2.24) is 4.90 Å². The number of carbonyl (C=O) groups is 4. The highest BCUT2D eigenvalue weighted by Gasteiger charge is 2.56. The number of allylic oxidation sites excluding steroid dienone is 2. The summed E-state index contributed by atoms with van der Waals surface area (Å²) in [7, 11) is 2.42. The van der Waals surface area contributed by atoms with Gasteiger partial charge in [-0.15, -0.1) is 0 Å². The van der Waals surface area contributed by atoms with Crippen LogP contribution in [0.4, 0.5) is 0 Å². The van der Waals surface area contributed by atoms with E-state index in [0.717, 1.165) is 32.1 Å². The van der Waals surface area contributed by atoms with Crippen molar-refractivity contribution in [2.75, 3.05) is 14.2 Å². The molecular formula is C33H31N3O6. The van der Waals surface area contributed by atoms with Gasteiger partial charge >= 0.3 is 11.9 Å². The molecule has 0 bridgehead atoms. The van der Waals surface area contributed by atoms with Crippen LogP contribution < -0.4 is 0 Å². The third-order valence-electron chi connectivity index (χ3n) is 7.61. The minimum atomic E-state index is -1.59. The minimum absolute atomic E-state index is 0.0538. The van der Waals surface area contributed by atoms with Crippen LogP contribution in [0, 0.1) is 0 Å². The molecule has 0 radical (unpaired) electrons. The first-order valence-corrected chi connectivity index (χ1v) is 13.9. The van der Waals surface area contributed by atoms with Crippen LogP contribution in [0.5, 0.6) is 0 Å². The number of benzene rings is 2. The van der Waals surface area contributed by atoms with E-state index in [-0.39, 0.29) is 23.0 Å². The minimum Gasteiger partial charge on any atom is -0.466 e. The average Bonchev–Trinajstić information content (AvgIpc) is 3.31. The van der Waals surface area contributed by atoms with Gasteiger partial charge in [-0.25, -0.2) is 14.6 Å². The van der Waals surface area contributed by atoms with Gasteiger partial charge in [0.15, 0.2) is 0 Å². The molecule has 214 valence electrons. The predicted octanol–water partition coefficient (Wildman–Crippen LogP) is 4.66. The second kappa shape index (κ2) is 12.3. The second-order valence-corrected chi connectivity index (χ2v) is 10.2. The quantitative estimate of drug-likeness (QED) is 0.487. The van der Waals surface area contributed by atoms with Gasteiger partial charge < -0.3 is 9.47 Å². The fourth-order valence-corrected chi connectivity index (χ4v) is 5.54. The summed E-state index contributed by atoms with van der Waals surface area (Å²) >= 11 is 0. The molecule has 2 aliphatic carbocycles. The molecular weight excluding hydrogens is 534 g/mol. The Kier molecular flexibility index (Phi) is 8.38. The monoisotopic (exact) mass is 565 g/mol. The Balaban J connectivity index is 1.70. The number of carbonyl (C=O) groups excluding carboxylic acids is 4. The molecule has 2 aromatic rings. The summed E-state index contributed by atoms with van der Waals surface area (Å²) in [6.45, 7) is 0. The second-order valence-electron chi connectivity index (χ2n) is 10.2. The molecule has 1 aliphatic heterocycles. The number of hydrogen-bond donors (Lipinski definition) is 0. The van der Waals surface area contributed by atoms with Gasteiger partial charge in [0.1, 0.15) is 16.9 Å². The third kappa shape index (κ3) is 5.37. The number of amidine groups is 1. The third-order valence-corrected chi connectivity index (χ3v) is 7.61. The van der Waals surface area contributed by atoms with E-state index in [4.69, 9.17) is 14.5 Å². The van der Waals surface area contributed by atoms with Crippen LogP contribution in [0.2, 0.25) is 0 Å². The summed E-state index contributed by atoms with van der Waals surface area (Å²) in [4.78, 5) is 64.4. The first-order valence-electron chi connectivity index (χ1n) is 13.9. The molecule has 0 atom stereocenters. The van der Waals surface area contributed by atoms with Gasteiger partial charge in [-0.05, 0) is 61.4 Å². The molecule has 9 heteroatoms. The van der Waals surface area contributed by atoms with Crippen molar-refractivity contribution in [2.45, 2.75) is 43.7 Å². The Bertz CT molecular complexity index is 1530. The topological polar surface area (TPSA) is 115 Å². The van der Waals surface area contributed by atoms with Crippen LogP contribution in [-0.2, 0) is 19.1 Å². The standard InChI is InChI=1S/C33H31N3O6/c1-41-31(39)26-27(32(40)42-2)33(20-18-25(19-21-33)35-29(37)22-12-6-3-7-13-22)36(30(38)23-14-8-4-9-15-23)28(26)34-24-16-10-5-11-17-24/h3-4,6-9,12-15,18-21,24H,5,10-11,16-17H2,1-2H3. The van der Waals surface area contributed by atoms with Gasteiger partial charge in [0.25, 0.3) is 11.8 Å². The molecule has 0 aromatic heterocycles. The zero-order valence-electron chi connectivity index (χ0n) is 23.5. The number of rotatable bonds is 5. The fourth-order valence-electron chi connectivity index (χ4n) is 5.54. The molecule has 2 amide bonds. The van der Waals surface area contributed by atoms with Crippen LogP contribution in [0.15, 0.2) is 106 Å². The number of esters is 2. The Hall–Kier alpha value is -4.92. The van der Waals surface area contributed by atoms with Gasteiger partial charge in [-0.3, -0.25) is 19.5 Å². The number of methoxy groups -OCH3 is 2. The van der Waals surface area contributed by atoms with E-state index >= 15 is 0 Å². The van der Waals surface area contributed by atoms with Crippen LogP contribution in [0.25, 0.3) is 0 Å². The van der Waals surface area contributed by atoms with Crippen molar-refractivity contribution in [1.29, 1.82) is 0 Å². The Morgan fingerprint density at radius 3 is 1.93 bits per heavy atom. The summed E-state index contributed by atoms with van der Waals surface area (Å²) in [5.41, 5.74) is -0.761. The first kappa shape index (κ1) is 28.6. The fraction of sp³-hybridized carbons (Fsp3) is 0.273. The molecule has 1 fully saturated rings. The molecule has 5 rings (SSSR count). The Morgan fingerprint density at radius 1 is 0.786 bits per heavy atom. The number of hydrogen-bond acceptors (Lipinski definition) is 7. The van der Waals surface area contributed by atoms with Crippen LogP contribution in [0.3, 0.4) is 0 Å². The van der Waals surface area contributed by atoms with Crippen molar-refractivity contribution in [3.8, 4) is 0 Å². The van der Waals surface area contributed by atoms with Gasteiger partial charge in [-0.2, -0.15) is 0 Å². The highest BCUT2D eigenvalue weighted by atomic mass is 16.5. The number of amides is 2. The summed E-state index contributed by atoms with van der Waals surface area (Å²) in [5, 5.41) is 0. The lowest BCUT2D eigenvalue weighted by Crippen LogP contribution is -2.51. The lowest BCUT2D eigenvalue weighted by atomic mass is 9.84. The van der Waals surface area contributed by atoms with E-state index in [9.17, 15) is 19.2 Å². The molecule has 0 unspecified atom stereocenters. The highest BCUT2D eigenvalue weighted by Crippen LogP contribution is 2.43. The molecule has 1 spiro atoms. The van der Waals surface area contributed by atoms with Crippen LogP contribution in [-0.4, -0.2) is 66.0 Å². The van der Waals surface area contributed by atoms with Gasteiger partial charge in [-0.1, -0.05) is 55.7 Å². The summed E-state index contributed by atoms with van der Waals surface area (Å²) in [5.74, 6) is -2.49. The Morgan fingerprint density at radius 2 is 1.36 bits per heavy atom. The number of aliphatic imine (C=N–C) groups is 2. The van der Waals surface area contributed by atoms with Gasteiger partial charge in [0.05, 0.1) is 31.5 Å². The maximum Gasteiger partial charge on any atom is 0.342 e. The van der Waals surface area contributed by atoms with E-state index in [1.807, 2.05) is 0 Å². The predicted molar refractivity (Wildman–Crippen MR) is 157 cm³/mol. The molecule has 0 N–H and O–H groups in total. The smallest absolute Gasteiger partial charge is 0.342 e. The lowest BCUT2D eigenvalue weighted by molar-refractivity contribution is -0.139. The molecule has 1 heterocycles. The zero-order valence-corrected chi connectivity index (χ0v) is 23.5. The highest BCUT2D eigenvalue weighted by molar-refractivity contribution is 6.32. The van der Waals surface area contributed by atoms with Crippen molar-refractivity contribution in [3.05, 3.63) is 107 Å². The molecule has 3 aliphatic rings. The van der Waals surface area contributed by atoms with E-state index in [2.05, 4.69) is 4.99 Å². The molecule has 9 nitrogen and oxygen atoms in total. The molecule has 2 aromatic carbocycles. The average molecular weight is 566 g/mol. The zero-order chi connectivity index (χ0) is 29.7. The van der Waals surface area contributed by atoms with Crippen molar-refractivity contribution < 1.29 is 28.7 Å². The Labute approximate surface area is 243 Å². The number of ether oxygens (including phenoxy) is 2. The van der Waals surface area contributed by atoms with Gasteiger partial charge in [0.2, 0.25) is 0 Å². The van der Waals surface area contributed by atoms with E-state index in [0.29, 0.717) is 16.8 Å². The summed E-state index contributed by atoms with van der Waals surface area (Å²) in [6, 6.07) is 17.0. The van der Waals surface area contributed by atoms with E-state index in [1.165, 1.54) is 19.1 Å². The maximum absolute atomic E-state index is 14.3. The van der Waals surface area contributed by atoms with E-state index < -0.39 is 29.3 Å². The maximum atomic E-state index is 14.3. The largest absolute Gasteiger partial charge is 0.466 e. The van der Waals surface area contributed by atoms with Crippen LogP contribution >= 0.6 is 0 Å². The van der Waals surface area contributed by atoms with Gasteiger partial charge in [0, 0.05) is 11.1 Å². The van der Waals surface area contributed by atoms with Crippen molar-refractivity contribution in [2.24, 2.45) is 9.98 Å². The van der Waals surface area contributed by atoms with E-state index in [1.54, 1.807) is 85.0 Å². The summed E-state index contributed by atoms with van der Waals surface area (Å²) in [6.07, 6.45) is 10.8. The lowest BCUT2D eigenvalue weighted by Gasteiger charge is -2.37. The van der Waals surface area contributed by atoms with Crippen molar-refractivity contribution >= 4 is 35.3 Å². The first-order chi connectivity index (χ1) is 20.4.